The van der Waals surface area contributed by atoms with Gasteiger partial charge in [0.05, 0.1) is 18.3 Å². The molecule has 0 saturated carbocycles. The molecule has 3 aromatic rings. The molecule has 0 saturated heterocycles. The van der Waals surface area contributed by atoms with Gasteiger partial charge < -0.3 is 10.1 Å². The molecule has 1 aromatic heterocycles. The SMILES string of the molecule is Cc1nn(Cc2ccccc2)c(Cl)c1/C=C/C(=O)OCC(=O)N[C@@H]1CCCc2ccccc21. The Morgan fingerprint density at radius 1 is 1.18 bits per heavy atom. The van der Waals surface area contributed by atoms with Crippen molar-refractivity contribution in [2.45, 2.75) is 38.8 Å². The molecule has 6 nitrogen and oxygen atoms in total. The van der Waals surface area contributed by atoms with Crippen LogP contribution in [0.4, 0.5) is 0 Å². The molecule has 1 heterocycles. The zero-order chi connectivity index (χ0) is 23.2. The lowest BCUT2D eigenvalue weighted by molar-refractivity contribution is -0.144. The molecule has 0 radical (unpaired) electrons. The third-order valence-electron chi connectivity index (χ3n) is 5.72. The predicted octanol–water partition coefficient (Wildman–Crippen LogP) is 4.64. The summed E-state index contributed by atoms with van der Waals surface area (Å²) in [5, 5.41) is 7.87. The number of nitrogens with zero attached hydrogens (tertiary/aromatic N) is 2. The molecule has 1 N–H and O–H groups in total. The van der Waals surface area contributed by atoms with Crippen LogP contribution in [0, 0.1) is 6.92 Å². The fourth-order valence-corrected chi connectivity index (χ4v) is 4.39. The van der Waals surface area contributed by atoms with Crippen molar-refractivity contribution in [1.82, 2.24) is 15.1 Å². The number of amides is 1. The minimum absolute atomic E-state index is 0.0476. The minimum Gasteiger partial charge on any atom is -0.452 e. The van der Waals surface area contributed by atoms with E-state index in [1.54, 1.807) is 10.8 Å². The van der Waals surface area contributed by atoms with Crippen LogP contribution in [0.3, 0.4) is 0 Å². The molecule has 1 aliphatic carbocycles. The molecule has 0 fully saturated rings. The molecule has 4 rings (SSSR count). The average Bonchev–Trinajstić information content (AvgIpc) is 3.09. The van der Waals surface area contributed by atoms with Crippen LogP contribution in [-0.2, 0) is 27.3 Å². The number of carbonyl (C=O) groups excluding carboxylic acids is 2. The van der Waals surface area contributed by atoms with Crippen molar-refractivity contribution in [3.8, 4) is 0 Å². The predicted molar refractivity (Wildman–Crippen MR) is 128 cm³/mol. The molecule has 33 heavy (non-hydrogen) atoms. The number of carbonyl (C=O) groups is 2. The Bertz CT molecular complexity index is 1170. The summed E-state index contributed by atoms with van der Waals surface area (Å²) in [7, 11) is 0. The van der Waals surface area contributed by atoms with Crippen molar-refractivity contribution >= 4 is 29.6 Å². The van der Waals surface area contributed by atoms with E-state index in [-0.39, 0.29) is 18.6 Å². The lowest BCUT2D eigenvalue weighted by Gasteiger charge is -2.26. The monoisotopic (exact) mass is 463 g/mol. The molecule has 0 spiro atoms. The van der Waals surface area contributed by atoms with Crippen LogP contribution < -0.4 is 5.32 Å². The molecule has 2 aromatic carbocycles. The van der Waals surface area contributed by atoms with Gasteiger partial charge in [0.15, 0.2) is 6.61 Å². The quantitative estimate of drug-likeness (QED) is 0.409. The molecule has 0 aliphatic heterocycles. The first kappa shape index (κ1) is 22.8. The van der Waals surface area contributed by atoms with Gasteiger partial charge >= 0.3 is 5.97 Å². The third kappa shape index (κ3) is 5.71. The van der Waals surface area contributed by atoms with Crippen LogP contribution in [0.2, 0.25) is 5.15 Å². The van der Waals surface area contributed by atoms with Gasteiger partial charge in [-0.3, -0.25) is 4.79 Å². The largest absolute Gasteiger partial charge is 0.452 e. The highest BCUT2D eigenvalue weighted by atomic mass is 35.5. The number of esters is 1. The second-order valence-electron chi connectivity index (χ2n) is 8.09. The number of hydrogen-bond donors (Lipinski definition) is 1. The lowest BCUT2D eigenvalue weighted by atomic mass is 9.88. The minimum atomic E-state index is -0.611. The van der Waals surface area contributed by atoms with Crippen molar-refractivity contribution in [2.24, 2.45) is 0 Å². The maximum atomic E-state index is 12.3. The number of aryl methyl sites for hydroxylation is 2. The van der Waals surface area contributed by atoms with E-state index in [2.05, 4.69) is 16.5 Å². The van der Waals surface area contributed by atoms with E-state index >= 15 is 0 Å². The second kappa shape index (κ2) is 10.5. The van der Waals surface area contributed by atoms with E-state index in [4.69, 9.17) is 16.3 Å². The topological polar surface area (TPSA) is 73.2 Å². The first-order valence-corrected chi connectivity index (χ1v) is 11.4. The smallest absolute Gasteiger partial charge is 0.331 e. The number of benzene rings is 2. The van der Waals surface area contributed by atoms with E-state index in [0.29, 0.717) is 23.0 Å². The molecule has 1 aliphatic rings. The maximum Gasteiger partial charge on any atom is 0.331 e. The van der Waals surface area contributed by atoms with E-state index in [9.17, 15) is 9.59 Å². The summed E-state index contributed by atoms with van der Waals surface area (Å²) in [5.41, 5.74) is 4.82. The molecular formula is C26H26ClN3O3. The van der Waals surface area contributed by atoms with Crippen molar-refractivity contribution in [3.63, 3.8) is 0 Å². The second-order valence-corrected chi connectivity index (χ2v) is 8.44. The summed E-state index contributed by atoms with van der Waals surface area (Å²) < 4.78 is 6.82. The zero-order valence-electron chi connectivity index (χ0n) is 18.5. The fourth-order valence-electron chi connectivity index (χ4n) is 4.09. The van der Waals surface area contributed by atoms with Gasteiger partial charge in [-0.05, 0) is 49.0 Å². The fraction of sp³-hybridized carbons (Fsp3) is 0.269. The van der Waals surface area contributed by atoms with Gasteiger partial charge in [-0.2, -0.15) is 5.10 Å². The van der Waals surface area contributed by atoms with Crippen molar-refractivity contribution in [3.05, 3.63) is 93.8 Å². The van der Waals surface area contributed by atoms with E-state index in [1.165, 1.54) is 11.6 Å². The summed E-state index contributed by atoms with van der Waals surface area (Å²) in [6.07, 6.45) is 5.76. The first-order chi connectivity index (χ1) is 16.0. The molecule has 0 unspecified atom stereocenters. The highest BCUT2D eigenvalue weighted by Gasteiger charge is 2.21. The van der Waals surface area contributed by atoms with E-state index in [0.717, 1.165) is 30.4 Å². The number of aromatic nitrogens is 2. The van der Waals surface area contributed by atoms with Crippen molar-refractivity contribution in [1.29, 1.82) is 0 Å². The highest BCUT2D eigenvalue weighted by molar-refractivity contribution is 6.31. The molecule has 1 atom stereocenters. The number of ether oxygens (including phenoxy) is 1. The molecular weight excluding hydrogens is 438 g/mol. The van der Waals surface area contributed by atoms with Crippen molar-refractivity contribution in [2.75, 3.05) is 6.61 Å². The van der Waals surface area contributed by atoms with Gasteiger partial charge in [-0.15, -0.1) is 0 Å². The molecule has 0 bridgehead atoms. The Balaban J connectivity index is 1.31. The van der Waals surface area contributed by atoms with Crippen LogP contribution in [0.15, 0.2) is 60.7 Å². The Morgan fingerprint density at radius 3 is 2.76 bits per heavy atom. The summed E-state index contributed by atoms with van der Waals surface area (Å²) in [6, 6.07) is 17.9. The Morgan fingerprint density at radius 2 is 1.94 bits per heavy atom. The molecule has 170 valence electrons. The Hall–Kier alpha value is -3.38. The van der Waals surface area contributed by atoms with Gasteiger partial charge in [0.2, 0.25) is 0 Å². The lowest BCUT2D eigenvalue weighted by Crippen LogP contribution is -2.34. The summed E-state index contributed by atoms with van der Waals surface area (Å²) in [5.74, 6) is -0.927. The Labute approximate surface area is 198 Å². The third-order valence-corrected chi connectivity index (χ3v) is 6.12. The maximum absolute atomic E-state index is 12.3. The van der Waals surface area contributed by atoms with Crippen molar-refractivity contribution < 1.29 is 14.3 Å². The van der Waals surface area contributed by atoms with Crippen LogP contribution in [0.25, 0.3) is 6.08 Å². The number of fused-ring (bicyclic) bond motifs is 1. The highest BCUT2D eigenvalue weighted by Crippen LogP contribution is 2.29. The number of nitrogens with one attached hydrogen (secondary N) is 1. The van der Waals surface area contributed by atoms with Gasteiger partial charge in [0.1, 0.15) is 5.15 Å². The standard InChI is InChI=1S/C26H26ClN3O3/c1-18-21(26(27)30(29-18)16-19-8-3-2-4-9-19)14-15-25(32)33-17-24(31)28-23-13-7-11-20-10-5-6-12-22(20)23/h2-6,8-10,12,14-15,23H,7,11,13,16-17H2,1H3,(H,28,31)/b15-14+/t23-/m1/s1. The average molecular weight is 464 g/mol. The summed E-state index contributed by atoms with van der Waals surface area (Å²) in [4.78, 5) is 24.5. The number of halogens is 1. The first-order valence-electron chi connectivity index (χ1n) is 11.0. The van der Waals surface area contributed by atoms with Gasteiger partial charge in [-0.1, -0.05) is 66.2 Å². The van der Waals surface area contributed by atoms with Crippen LogP contribution in [-0.4, -0.2) is 28.3 Å². The van der Waals surface area contributed by atoms with Gasteiger partial charge in [-0.25, -0.2) is 9.48 Å². The van der Waals surface area contributed by atoms with E-state index in [1.807, 2.05) is 55.5 Å². The molecule has 7 heteroatoms. The number of hydrogen-bond acceptors (Lipinski definition) is 4. The summed E-state index contributed by atoms with van der Waals surface area (Å²) in [6.45, 7) is 2.03. The van der Waals surface area contributed by atoms with E-state index < -0.39 is 5.97 Å². The van der Waals surface area contributed by atoms with Crippen LogP contribution in [0.5, 0.6) is 0 Å². The van der Waals surface area contributed by atoms with Crippen LogP contribution in [0.1, 0.15) is 46.8 Å². The Kier molecular flexibility index (Phi) is 7.25. The normalized spacial score (nSPS) is 15.3. The zero-order valence-corrected chi connectivity index (χ0v) is 19.2. The van der Waals surface area contributed by atoms with Crippen LogP contribution >= 0.6 is 11.6 Å². The van der Waals surface area contributed by atoms with Gasteiger partial charge in [0.25, 0.3) is 5.91 Å². The van der Waals surface area contributed by atoms with Gasteiger partial charge in [0, 0.05) is 11.6 Å². The summed E-state index contributed by atoms with van der Waals surface area (Å²) >= 11 is 6.47. The number of rotatable bonds is 7. The molecule has 1 amide bonds.